The Kier molecular flexibility index (Phi) is 7.25. The van der Waals surface area contributed by atoms with E-state index in [0.29, 0.717) is 0 Å². The van der Waals surface area contributed by atoms with E-state index >= 15 is 0 Å². The van der Waals surface area contributed by atoms with Crippen LogP contribution >= 0.6 is 0 Å². The lowest BCUT2D eigenvalue weighted by molar-refractivity contribution is -0.160. The highest BCUT2D eigenvalue weighted by Crippen LogP contribution is 2.22. The summed E-state index contributed by atoms with van der Waals surface area (Å²) >= 11 is 0. The molecule has 0 radical (unpaired) electrons. The van der Waals surface area contributed by atoms with Crippen molar-refractivity contribution in [2.24, 2.45) is 11.8 Å². The van der Waals surface area contributed by atoms with Gasteiger partial charge in [-0.1, -0.05) is 25.8 Å². The molecule has 0 aromatic rings. The molecule has 0 bridgehead atoms. The molecular weight excluding hydrogens is 208 g/mol. The third-order valence-corrected chi connectivity index (χ3v) is 2.53. The first kappa shape index (κ1) is 14.7. The number of allylic oxidation sites excluding steroid dienone is 1. The number of hydrogen-bond donors (Lipinski definition) is 0. The smallest absolute Gasteiger partial charge is 0.320 e. The molecule has 16 heavy (non-hydrogen) atoms. The Hall–Kier alpha value is -1.32. The summed E-state index contributed by atoms with van der Waals surface area (Å²) in [7, 11) is 2.52. The van der Waals surface area contributed by atoms with Crippen molar-refractivity contribution < 1.29 is 19.1 Å². The highest BCUT2D eigenvalue weighted by molar-refractivity contribution is 5.95. The summed E-state index contributed by atoms with van der Waals surface area (Å²) in [5.41, 5.74) is 0. The van der Waals surface area contributed by atoms with Crippen LogP contribution in [0.5, 0.6) is 0 Å². The van der Waals surface area contributed by atoms with Gasteiger partial charge in [-0.2, -0.15) is 0 Å². The van der Waals surface area contributed by atoms with E-state index in [2.05, 4.69) is 16.1 Å². The lowest BCUT2D eigenvalue weighted by atomic mass is 9.88. The van der Waals surface area contributed by atoms with Gasteiger partial charge in [0, 0.05) is 5.92 Å². The normalized spacial score (nSPS) is 12.0. The van der Waals surface area contributed by atoms with E-state index in [1.54, 1.807) is 6.08 Å². The molecule has 0 heterocycles. The Labute approximate surface area is 96.6 Å². The fourth-order valence-corrected chi connectivity index (χ4v) is 1.56. The van der Waals surface area contributed by atoms with Crippen LogP contribution in [-0.2, 0) is 19.1 Å². The number of ether oxygens (including phenoxy) is 2. The van der Waals surface area contributed by atoms with Gasteiger partial charge in [0.05, 0.1) is 14.2 Å². The van der Waals surface area contributed by atoms with Crippen molar-refractivity contribution >= 4 is 11.9 Å². The largest absolute Gasteiger partial charge is 0.468 e. The lowest BCUT2D eigenvalue weighted by Gasteiger charge is -2.19. The minimum absolute atomic E-state index is 0.222. The Morgan fingerprint density at radius 1 is 1.25 bits per heavy atom. The molecule has 1 unspecified atom stereocenters. The number of unbranched alkanes of at least 4 members (excludes halogenated alkanes) is 1. The molecule has 0 amide bonds. The predicted octanol–water partition coefficient (Wildman–Crippen LogP) is 1.94. The van der Waals surface area contributed by atoms with E-state index in [-0.39, 0.29) is 5.92 Å². The zero-order valence-electron chi connectivity index (χ0n) is 10.2. The number of carbonyl (C=O) groups is 2. The summed E-state index contributed by atoms with van der Waals surface area (Å²) in [5.74, 6) is -2.24. The predicted molar refractivity (Wildman–Crippen MR) is 60.7 cm³/mol. The van der Waals surface area contributed by atoms with E-state index in [9.17, 15) is 9.59 Å². The molecular formula is C12H20O4. The highest BCUT2D eigenvalue weighted by Gasteiger charge is 2.34. The third-order valence-electron chi connectivity index (χ3n) is 2.53. The fraction of sp³-hybridized carbons (Fsp3) is 0.667. The van der Waals surface area contributed by atoms with Crippen molar-refractivity contribution in [2.75, 3.05) is 14.2 Å². The van der Waals surface area contributed by atoms with E-state index < -0.39 is 17.9 Å². The monoisotopic (exact) mass is 228 g/mol. The molecule has 0 saturated heterocycles. The van der Waals surface area contributed by atoms with Gasteiger partial charge in [-0.25, -0.2) is 0 Å². The quantitative estimate of drug-likeness (QED) is 0.379. The Morgan fingerprint density at radius 2 is 1.75 bits per heavy atom. The topological polar surface area (TPSA) is 52.6 Å². The highest BCUT2D eigenvalue weighted by atomic mass is 16.5. The molecule has 92 valence electrons. The SMILES string of the molecule is C=CC(CCCC)C(C(=O)OC)C(=O)OC. The first-order chi connectivity index (χ1) is 7.62. The van der Waals surface area contributed by atoms with Crippen LogP contribution in [-0.4, -0.2) is 26.2 Å². The first-order valence-electron chi connectivity index (χ1n) is 5.40. The van der Waals surface area contributed by atoms with Crippen LogP contribution < -0.4 is 0 Å². The van der Waals surface area contributed by atoms with E-state index in [1.807, 2.05) is 6.92 Å². The van der Waals surface area contributed by atoms with Crippen LogP contribution in [0.15, 0.2) is 12.7 Å². The van der Waals surface area contributed by atoms with Gasteiger partial charge < -0.3 is 9.47 Å². The molecule has 0 rings (SSSR count). The van der Waals surface area contributed by atoms with E-state index in [1.165, 1.54) is 14.2 Å². The number of hydrogen-bond acceptors (Lipinski definition) is 4. The maximum Gasteiger partial charge on any atom is 0.320 e. The fourth-order valence-electron chi connectivity index (χ4n) is 1.56. The van der Waals surface area contributed by atoms with Gasteiger partial charge in [0.2, 0.25) is 0 Å². The summed E-state index contributed by atoms with van der Waals surface area (Å²) in [6.45, 7) is 5.70. The summed E-state index contributed by atoms with van der Waals surface area (Å²) in [4.78, 5) is 23.0. The average Bonchev–Trinajstić information content (AvgIpc) is 2.32. The molecule has 0 N–H and O–H groups in total. The standard InChI is InChI=1S/C12H20O4/c1-5-7-8-9(6-2)10(11(13)15-3)12(14)16-4/h6,9-10H,2,5,7-8H2,1,3-4H3. The minimum Gasteiger partial charge on any atom is -0.468 e. The molecule has 0 aromatic carbocycles. The van der Waals surface area contributed by atoms with Crippen molar-refractivity contribution in [3.8, 4) is 0 Å². The molecule has 1 atom stereocenters. The van der Waals surface area contributed by atoms with Crippen molar-refractivity contribution in [2.45, 2.75) is 26.2 Å². The van der Waals surface area contributed by atoms with Gasteiger partial charge in [0.25, 0.3) is 0 Å². The van der Waals surface area contributed by atoms with Crippen LogP contribution in [0.3, 0.4) is 0 Å². The zero-order chi connectivity index (χ0) is 12.6. The third kappa shape index (κ3) is 4.04. The van der Waals surface area contributed by atoms with Crippen LogP contribution in [0, 0.1) is 11.8 Å². The van der Waals surface area contributed by atoms with Crippen LogP contribution in [0.2, 0.25) is 0 Å². The van der Waals surface area contributed by atoms with Crippen LogP contribution in [0.1, 0.15) is 26.2 Å². The van der Waals surface area contributed by atoms with Gasteiger partial charge in [-0.05, 0) is 6.42 Å². The molecule has 0 aliphatic heterocycles. The maximum atomic E-state index is 11.5. The molecule has 0 aliphatic rings. The second-order valence-corrected chi connectivity index (χ2v) is 3.57. The number of carbonyl (C=O) groups excluding carboxylic acids is 2. The second-order valence-electron chi connectivity index (χ2n) is 3.57. The van der Waals surface area contributed by atoms with Gasteiger partial charge in [0.1, 0.15) is 0 Å². The second kappa shape index (κ2) is 7.91. The number of rotatable bonds is 7. The van der Waals surface area contributed by atoms with Crippen molar-refractivity contribution in [1.82, 2.24) is 0 Å². The number of esters is 2. The van der Waals surface area contributed by atoms with Crippen LogP contribution in [0.25, 0.3) is 0 Å². The number of methoxy groups -OCH3 is 2. The summed E-state index contributed by atoms with van der Waals surface area (Å²) in [5, 5.41) is 0. The molecule has 0 fully saturated rings. The minimum atomic E-state index is -0.890. The summed E-state index contributed by atoms with van der Waals surface area (Å²) in [6.07, 6.45) is 4.28. The Bertz CT molecular complexity index is 231. The zero-order valence-corrected chi connectivity index (χ0v) is 10.2. The molecule has 4 heteroatoms. The molecule has 0 aromatic heterocycles. The lowest BCUT2D eigenvalue weighted by Crippen LogP contribution is -2.32. The molecule has 0 spiro atoms. The van der Waals surface area contributed by atoms with E-state index in [0.717, 1.165) is 19.3 Å². The van der Waals surface area contributed by atoms with Crippen molar-refractivity contribution in [1.29, 1.82) is 0 Å². The van der Waals surface area contributed by atoms with Crippen molar-refractivity contribution in [3.63, 3.8) is 0 Å². The maximum absolute atomic E-state index is 11.5. The van der Waals surface area contributed by atoms with E-state index in [4.69, 9.17) is 0 Å². The molecule has 0 aliphatic carbocycles. The van der Waals surface area contributed by atoms with Gasteiger partial charge in [-0.3, -0.25) is 9.59 Å². The van der Waals surface area contributed by atoms with Gasteiger partial charge in [0.15, 0.2) is 5.92 Å². The molecule has 4 nitrogen and oxygen atoms in total. The first-order valence-corrected chi connectivity index (χ1v) is 5.40. The van der Waals surface area contributed by atoms with Crippen molar-refractivity contribution in [3.05, 3.63) is 12.7 Å². The van der Waals surface area contributed by atoms with Gasteiger partial charge >= 0.3 is 11.9 Å². The van der Waals surface area contributed by atoms with Gasteiger partial charge in [-0.15, -0.1) is 6.58 Å². The summed E-state index contributed by atoms with van der Waals surface area (Å²) in [6, 6.07) is 0. The molecule has 0 saturated carbocycles. The van der Waals surface area contributed by atoms with Crippen LogP contribution in [0.4, 0.5) is 0 Å². The average molecular weight is 228 g/mol. The Balaban J connectivity index is 4.75. The Morgan fingerprint density at radius 3 is 2.06 bits per heavy atom. The summed E-state index contributed by atoms with van der Waals surface area (Å²) < 4.78 is 9.22.